The summed E-state index contributed by atoms with van der Waals surface area (Å²) in [4.78, 5) is 48.6. The van der Waals surface area contributed by atoms with Gasteiger partial charge in [-0.3, -0.25) is 19.3 Å². The number of nitrogens with zero attached hydrogens (tertiary/aromatic N) is 1. The molecule has 9 nitrogen and oxygen atoms in total. The van der Waals surface area contributed by atoms with E-state index in [1.807, 2.05) is 12.1 Å². The van der Waals surface area contributed by atoms with Gasteiger partial charge in [-0.1, -0.05) is 24.3 Å². The molecule has 3 N–H and O–H groups in total. The number of aliphatic carboxylic acids is 1. The Kier molecular flexibility index (Phi) is 8.51. The number of hydrogen-bond donors (Lipinski definition) is 2. The Morgan fingerprint density at radius 3 is 2.57 bits per heavy atom. The van der Waals surface area contributed by atoms with E-state index in [1.165, 1.54) is 18.7 Å². The van der Waals surface area contributed by atoms with Crippen LogP contribution in [-0.2, 0) is 36.9 Å². The van der Waals surface area contributed by atoms with Gasteiger partial charge in [-0.25, -0.2) is 0 Å². The molecule has 0 spiro atoms. The largest absolute Gasteiger partial charge is 1.00 e. The van der Waals surface area contributed by atoms with Crippen LogP contribution in [0.3, 0.4) is 0 Å². The van der Waals surface area contributed by atoms with Crippen LogP contribution in [0.2, 0.25) is 0 Å². The van der Waals surface area contributed by atoms with Gasteiger partial charge in [0.15, 0.2) is 0 Å². The number of carboxylic acid groups (broad SMARTS) is 1. The maximum atomic E-state index is 12.6. The summed E-state index contributed by atoms with van der Waals surface area (Å²) >= 11 is 1.29. The number of amides is 2. The van der Waals surface area contributed by atoms with Crippen LogP contribution in [0.15, 0.2) is 35.5 Å². The number of rotatable bonds is 7. The number of thioether (sulfide) groups is 1. The molecule has 11 heteroatoms. The molecule has 0 unspecified atom stereocenters. The minimum Gasteiger partial charge on any atom is -0.543 e. The zero-order chi connectivity index (χ0) is 21.1. The molecule has 2 amide bonds. The molecule has 2 aliphatic heterocycles. The quantitative estimate of drug-likeness (QED) is 0.246. The van der Waals surface area contributed by atoms with Crippen molar-refractivity contribution in [2.24, 2.45) is 5.73 Å². The minimum atomic E-state index is -1.52. The molecule has 0 radical (unpaired) electrons. The zero-order valence-electron chi connectivity index (χ0n) is 16.7. The second-order valence-electron chi connectivity index (χ2n) is 6.62. The summed E-state index contributed by atoms with van der Waals surface area (Å²) in [5.74, 6) is -2.73. The van der Waals surface area contributed by atoms with Gasteiger partial charge in [0.2, 0.25) is 5.91 Å². The SMILES string of the molecule is CC(=O)OCC1=C(C(=O)[O-])N2C(=O)[C@@H](NC(=O)Cc3ccccc3CN)[C@H]2SC1.[Na+]. The first-order chi connectivity index (χ1) is 13.8. The summed E-state index contributed by atoms with van der Waals surface area (Å²) in [6.07, 6.45) is 0.0649. The first kappa shape index (κ1) is 24.4. The monoisotopic (exact) mass is 441 g/mol. The Hall–Kier alpha value is -1.85. The van der Waals surface area contributed by atoms with Crippen LogP contribution in [0.4, 0.5) is 0 Å². The summed E-state index contributed by atoms with van der Waals surface area (Å²) < 4.78 is 4.87. The fraction of sp³-hybridized carbons (Fsp3) is 0.368. The average molecular weight is 441 g/mol. The standard InChI is InChI=1S/C19H21N3O6S.Na/c1-10(23)28-8-13-9-29-18-15(17(25)22(18)16(13)19(26)27)21-14(24)6-11-4-2-3-5-12(11)7-20;/h2-5,15,18H,6-9,20H2,1H3,(H,21,24)(H,26,27);/q;+1/p-1/t15-,18-;/m1./s1. The van der Waals surface area contributed by atoms with Crippen molar-refractivity contribution in [3.05, 3.63) is 46.7 Å². The van der Waals surface area contributed by atoms with Gasteiger partial charge >= 0.3 is 35.5 Å². The molecule has 154 valence electrons. The van der Waals surface area contributed by atoms with E-state index in [0.29, 0.717) is 6.54 Å². The predicted molar refractivity (Wildman–Crippen MR) is 102 cm³/mol. The molecule has 1 fully saturated rings. The Bertz CT molecular complexity index is 906. The van der Waals surface area contributed by atoms with Crippen LogP contribution in [0.5, 0.6) is 0 Å². The molecule has 0 aromatic heterocycles. The third-order valence-electron chi connectivity index (χ3n) is 4.70. The fourth-order valence-electron chi connectivity index (χ4n) is 3.30. The van der Waals surface area contributed by atoms with Crippen molar-refractivity contribution in [2.75, 3.05) is 12.4 Å². The van der Waals surface area contributed by atoms with E-state index in [1.54, 1.807) is 12.1 Å². The molecule has 2 aliphatic rings. The molecule has 1 aromatic carbocycles. The van der Waals surface area contributed by atoms with E-state index >= 15 is 0 Å². The number of hydrogen-bond acceptors (Lipinski definition) is 8. The number of carbonyl (C=O) groups excluding carboxylic acids is 4. The molecule has 2 heterocycles. The molecule has 0 bridgehead atoms. The van der Waals surface area contributed by atoms with E-state index in [2.05, 4.69) is 5.32 Å². The normalized spacial score (nSPS) is 19.9. The molecular formula is C19H20N3NaO6S. The summed E-state index contributed by atoms with van der Waals surface area (Å²) in [5, 5.41) is 13.7. The van der Waals surface area contributed by atoms with Crippen LogP contribution >= 0.6 is 11.8 Å². The van der Waals surface area contributed by atoms with E-state index in [4.69, 9.17) is 10.5 Å². The van der Waals surface area contributed by atoms with Crippen molar-refractivity contribution in [3.63, 3.8) is 0 Å². The van der Waals surface area contributed by atoms with Gasteiger partial charge in [-0.05, 0) is 11.1 Å². The molecule has 2 atom stereocenters. The van der Waals surface area contributed by atoms with Gasteiger partial charge in [-0.2, -0.15) is 0 Å². The van der Waals surface area contributed by atoms with E-state index in [9.17, 15) is 24.3 Å². The van der Waals surface area contributed by atoms with Crippen LogP contribution in [-0.4, -0.2) is 52.4 Å². The summed E-state index contributed by atoms with van der Waals surface area (Å²) in [5.41, 5.74) is 7.29. The van der Waals surface area contributed by atoms with Crippen molar-refractivity contribution in [1.82, 2.24) is 10.2 Å². The van der Waals surface area contributed by atoms with Crippen molar-refractivity contribution >= 4 is 35.5 Å². The number of carbonyl (C=O) groups is 4. The molecular weight excluding hydrogens is 421 g/mol. The molecule has 1 saturated heterocycles. The number of esters is 1. The number of nitrogens with one attached hydrogen (secondary N) is 1. The van der Waals surface area contributed by atoms with Crippen molar-refractivity contribution in [3.8, 4) is 0 Å². The topological polar surface area (TPSA) is 142 Å². The molecule has 3 rings (SSSR count). The van der Waals surface area contributed by atoms with E-state index < -0.39 is 29.3 Å². The number of ether oxygens (including phenoxy) is 1. The van der Waals surface area contributed by atoms with Crippen LogP contribution in [0.25, 0.3) is 0 Å². The minimum absolute atomic E-state index is 0. The van der Waals surface area contributed by atoms with E-state index in [0.717, 1.165) is 16.0 Å². The van der Waals surface area contributed by atoms with Gasteiger partial charge in [-0.15, -0.1) is 11.8 Å². The van der Waals surface area contributed by atoms with E-state index in [-0.39, 0.29) is 65.5 Å². The predicted octanol–water partition coefficient (Wildman–Crippen LogP) is -4.34. The van der Waals surface area contributed by atoms with Crippen molar-refractivity contribution in [2.45, 2.75) is 31.3 Å². The third kappa shape index (κ3) is 5.06. The zero-order valence-corrected chi connectivity index (χ0v) is 19.5. The molecule has 0 aliphatic carbocycles. The number of β-lactam (4-membered cyclic amide) rings is 1. The Balaban J connectivity index is 0.00000320. The van der Waals surface area contributed by atoms with Crippen molar-refractivity contribution in [1.29, 1.82) is 0 Å². The number of fused-ring (bicyclic) bond motifs is 1. The average Bonchev–Trinajstić information content (AvgIpc) is 2.69. The first-order valence-corrected chi connectivity index (χ1v) is 9.96. The van der Waals surface area contributed by atoms with Gasteiger partial charge < -0.3 is 25.7 Å². The van der Waals surface area contributed by atoms with Crippen molar-refractivity contribution < 1.29 is 58.6 Å². The van der Waals surface area contributed by atoms with Gasteiger partial charge in [0, 0.05) is 24.8 Å². The Labute approximate surface area is 199 Å². The summed E-state index contributed by atoms with van der Waals surface area (Å²) in [6.45, 7) is 1.28. The Morgan fingerprint density at radius 1 is 1.30 bits per heavy atom. The Morgan fingerprint density at radius 2 is 1.97 bits per heavy atom. The number of benzene rings is 1. The second kappa shape index (κ2) is 10.5. The fourth-order valence-corrected chi connectivity index (χ4v) is 4.63. The van der Waals surface area contributed by atoms with Crippen LogP contribution in [0, 0.1) is 0 Å². The first-order valence-electron chi connectivity index (χ1n) is 8.91. The third-order valence-corrected chi connectivity index (χ3v) is 6.04. The molecule has 0 saturated carbocycles. The summed E-state index contributed by atoms with van der Waals surface area (Å²) in [6, 6.07) is 6.43. The molecule has 1 aromatic rings. The van der Waals surface area contributed by atoms with Gasteiger partial charge in [0.1, 0.15) is 18.0 Å². The summed E-state index contributed by atoms with van der Waals surface area (Å²) in [7, 11) is 0. The maximum Gasteiger partial charge on any atom is 1.00 e. The maximum absolute atomic E-state index is 12.6. The van der Waals surface area contributed by atoms with Gasteiger partial charge in [0.25, 0.3) is 5.91 Å². The van der Waals surface area contributed by atoms with Crippen LogP contribution in [0.1, 0.15) is 18.1 Å². The van der Waals surface area contributed by atoms with Crippen LogP contribution < -0.4 is 45.7 Å². The second-order valence-corrected chi connectivity index (χ2v) is 7.73. The number of nitrogens with two attached hydrogens (primary N) is 1. The van der Waals surface area contributed by atoms with Gasteiger partial charge in [0.05, 0.1) is 18.1 Å². The molecule has 30 heavy (non-hydrogen) atoms. The smallest absolute Gasteiger partial charge is 0.543 e. The number of carboxylic acids is 1.